The monoisotopic (exact) mass is 247 g/mol. The Bertz CT molecular complexity index is 646. The zero-order valence-corrected chi connectivity index (χ0v) is 9.04. The zero-order valence-electron chi connectivity index (χ0n) is 9.04. The summed E-state index contributed by atoms with van der Waals surface area (Å²) >= 11 is 0. The lowest BCUT2D eigenvalue weighted by Gasteiger charge is -1.97. The van der Waals surface area contributed by atoms with Gasteiger partial charge in [0.05, 0.1) is 11.7 Å². The average molecular weight is 247 g/mol. The number of carbonyl (C=O) groups excluding carboxylic acids is 1. The molecule has 0 aliphatic heterocycles. The van der Waals surface area contributed by atoms with E-state index in [9.17, 15) is 9.59 Å². The molecule has 2 aromatic rings. The molecule has 0 aliphatic carbocycles. The van der Waals surface area contributed by atoms with Crippen LogP contribution in [-0.2, 0) is 0 Å². The number of H-pyrrole nitrogens is 1. The number of aromatic carboxylic acids is 1. The van der Waals surface area contributed by atoms with Gasteiger partial charge in [-0.1, -0.05) is 12.1 Å². The Morgan fingerprint density at radius 2 is 2.28 bits per heavy atom. The molecule has 8 nitrogen and oxygen atoms in total. The second-order valence-corrected chi connectivity index (χ2v) is 3.38. The Hall–Kier alpha value is -2.90. The molecule has 2 amide bonds. The molecule has 18 heavy (non-hydrogen) atoms. The third-order valence-electron chi connectivity index (χ3n) is 2.20. The molecule has 1 aromatic carbocycles. The number of primary amides is 1. The number of nitrogens with two attached hydrogens (primary N) is 1. The summed E-state index contributed by atoms with van der Waals surface area (Å²) < 4.78 is 0. The Morgan fingerprint density at radius 3 is 2.94 bits per heavy atom. The van der Waals surface area contributed by atoms with Gasteiger partial charge in [0, 0.05) is 10.9 Å². The van der Waals surface area contributed by atoms with E-state index in [1.54, 1.807) is 18.2 Å². The zero-order chi connectivity index (χ0) is 13.1. The Labute approximate surface area is 100 Å². The molecule has 0 fully saturated rings. The lowest BCUT2D eigenvalue weighted by molar-refractivity contribution is 0.0692. The Balaban J connectivity index is 2.49. The van der Waals surface area contributed by atoms with Crippen LogP contribution in [0.15, 0.2) is 23.3 Å². The van der Waals surface area contributed by atoms with Crippen molar-refractivity contribution in [1.29, 1.82) is 0 Å². The van der Waals surface area contributed by atoms with Crippen LogP contribution in [0.25, 0.3) is 10.9 Å². The predicted molar refractivity (Wildman–Crippen MR) is 63.4 cm³/mol. The van der Waals surface area contributed by atoms with E-state index in [0.717, 1.165) is 0 Å². The first-order valence-electron chi connectivity index (χ1n) is 4.88. The minimum absolute atomic E-state index is 0.105. The molecule has 92 valence electrons. The molecule has 1 aromatic heterocycles. The van der Waals surface area contributed by atoms with E-state index < -0.39 is 12.0 Å². The third-order valence-corrected chi connectivity index (χ3v) is 2.20. The average Bonchev–Trinajstić information content (AvgIpc) is 2.73. The number of fused-ring (bicyclic) bond motifs is 1. The molecule has 0 spiro atoms. The molecule has 0 atom stereocenters. The molecule has 0 saturated carbocycles. The van der Waals surface area contributed by atoms with E-state index in [0.29, 0.717) is 16.5 Å². The molecule has 0 aliphatic rings. The standard InChI is InChI=1S/C10H9N5O3/c11-10(18)15-12-4-5-2-1-3-6-7(5)8(9(16)17)14-13-6/h1-4H,(H,13,14)(H,16,17)(H3,11,15,18). The van der Waals surface area contributed by atoms with Gasteiger partial charge in [-0.25, -0.2) is 15.0 Å². The minimum Gasteiger partial charge on any atom is -0.476 e. The molecule has 8 heteroatoms. The number of aromatic amines is 1. The molecule has 0 unspecified atom stereocenters. The lowest BCUT2D eigenvalue weighted by atomic mass is 10.1. The van der Waals surface area contributed by atoms with Crippen molar-refractivity contribution < 1.29 is 14.7 Å². The SMILES string of the molecule is NC(=O)NN=Cc1cccc2[nH]nc(C(=O)O)c12. The van der Waals surface area contributed by atoms with E-state index in [1.165, 1.54) is 6.21 Å². The molecule has 5 N–H and O–H groups in total. The maximum atomic E-state index is 11.0. The van der Waals surface area contributed by atoms with E-state index in [1.807, 2.05) is 5.43 Å². The Morgan fingerprint density at radius 1 is 1.50 bits per heavy atom. The van der Waals surface area contributed by atoms with Crippen LogP contribution in [0.3, 0.4) is 0 Å². The van der Waals surface area contributed by atoms with Gasteiger partial charge in [0.2, 0.25) is 0 Å². The van der Waals surface area contributed by atoms with Gasteiger partial charge < -0.3 is 10.8 Å². The number of hydrazone groups is 1. The number of rotatable bonds is 3. The van der Waals surface area contributed by atoms with Crippen molar-refractivity contribution >= 4 is 29.1 Å². The minimum atomic E-state index is -1.15. The summed E-state index contributed by atoms with van der Waals surface area (Å²) in [5.74, 6) is -1.15. The van der Waals surface area contributed by atoms with Crippen molar-refractivity contribution in [3.05, 3.63) is 29.5 Å². The first kappa shape index (κ1) is 11.6. The number of carbonyl (C=O) groups is 2. The van der Waals surface area contributed by atoms with Crippen LogP contribution in [0.2, 0.25) is 0 Å². The molecular weight excluding hydrogens is 238 g/mol. The van der Waals surface area contributed by atoms with Crippen molar-refractivity contribution in [2.24, 2.45) is 10.8 Å². The fourth-order valence-corrected chi connectivity index (χ4v) is 1.53. The van der Waals surface area contributed by atoms with Crippen molar-refractivity contribution in [1.82, 2.24) is 15.6 Å². The topological polar surface area (TPSA) is 133 Å². The quantitative estimate of drug-likeness (QED) is 0.457. The van der Waals surface area contributed by atoms with Crippen LogP contribution >= 0.6 is 0 Å². The summed E-state index contributed by atoms with van der Waals surface area (Å²) in [5.41, 5.74) is 7.85. The first-order chi connectivity index (χ1) is 8.59. The number of nitrogens with zero attached hydrogens (tertiary/aromatic N) is 2. The molecule has 0 saturated heterocycles. The predicted octanol–water partition coefficient (Wildman–Crippen LogP) is 0.263. The van der Waals surface area contributed by atoms with E-state index in [-0.39, 0.29) is 5.69 Å². The number of hydrogen-bond acceptors (Lipinski definition) is 4. The number of aromatic nitrogens is 2. The van der Waals surface area contributed by atoms with Gasteiger partial charge in [-0.2, -0.15) is 10.2 Å². The summed E-state index contributed by atoms with van der Waals surface area (Å²) in [5, 5.41) is 19.3. The summed E-state index contributed by atoms with van der Waals surface area (Å²) in [4.78, 5) is 21.5. The van der Waals surface area contributed by atoms with Gasteiger partial charge in [-0.15, -0.1) is 0 Å². The molecular formula is C10H9N5O3. The normalized spacial score (nSPS) is 10.9. The first-order valence-corrected chi connectivity index (χ1v) is 4.88. The van der Waals surface area contributed by atoms with Crippen LogP contribution in [0.5, 0.6) is 0 Å². The van der Waals surface area contributed by atoms with Gasteiger partial charge in [0.15, 0.2) is 5.69 Å². The van der Waals surface area contributed by atoms with Crippen molar-refractivity contribution in [3.8, 4) is 0 Å². The maximum absolute atomic E-state index is 11.0. The highest BCUT2D eigenvalue weighted by Crippen LogP contribution is 2.19. The van der Waals surface area contributed by atoms with Gasteiger partial charge >= 0.3 is 12.0 Å². The number of benzene rings is 1. The maximum Gasteiger partial charge on any atom is 0.357 e. The van der Waals surface area contributed by atoms with E-state index in [4.69, 9.17) is 10.8 Å². The van der Waals surface area contributed by atoms with Crippen LogP contribution in [0.1, 0.15) is 16.1 Å². The second-order valence-electron chi connectivity index (χ2n) is 3.38. The fraction of sp³-hybridized carbons (Fsp3) is 0. The van der Waals surface area contributed by atoms with Gasteiger partial charge in [-0.05, 0) is 6.07 Å². The molecule has 0 radical (unpaired) electrons. The summed E-state index contributed by atoms with van der Waals surface area (Å²) in [6, 6.07) is 4.24. The summed E-state index contributed by atoms with van der Waals surface area (Å²) in [6.45, 7) is 0. The number of amides is 2. The largest absolute Gasteiger partial charge is 0.476 e. The Kier molecular flexibility index (Phi) is 2.92. The highest BCUT2D eigenvalue weighted by Gasteiger charge is 2.14. The summed E-state index contributed by atoms with van der Waals surface area (Å²) in [7, 11) is 0. The van der Waals surface area contributed by atoms with Crippen LogP contribution in [-0.4, -0.2) is 33.5 Å². The number of carboxylic acid groups (broad SMARTS) is 1. The highest BCUT2D eigenvalue weighted by atomic mass is 16.4. The van der Waals surface area contributed by atoms with Crippen molar-refractivity contribution in [3.63, 3.8) is 0 Å². The van der Waals surface area contributed by atoms with E-state index in [2.05, 4.69) is 15.3 Å². The van der Waals surface area contributed by atoms with Gasteiger partial charge in [0.25, 0.3) is 0 Å². The molecule has 1 heterocycles. The van der Waals surface area contributed by atoms with E-state index >= 15 is 0 Å². The number of hydrogen-bond donors (Lipinski definition) is 4. The number of nitrogens with one attached hydrogen (secondary N) is 2. The number of urea groups is 1. The second kappa shape index (κ2) is 4.53. The molecule has 0 bridgehead atoms. The smallest absolute Gasteiger partial charge is 0.357 e. The van der Waals surface area contributed by atoms with Crippen LogP contribution in [0.4, 0.5) is 4.79 Å². The highest BCUT2D eigenvalue weighted by molar-refractivity contribution is 6.08. The van der Waals surface area contributed by atoms with Gasteiger partial charge in [0.1, 0.15) is 0 Å². The van der Waals surface area contributed by atoms with Crippen molar-refractivity contribution in [2.75, 3.05) is 0 Å². The van der Waals surface area contributed by atoms with Crippen LogP contribution in [0, 0.1) is 0 Å². The lowest BCUT2D eigenvalue weighted by Crippen LogP contribution is -2.24. The number of carboxylic acids is 1. The fourth-order valence-electron chi connectivity index (χ4n) is 1.53. The van der Waals surface area contributed by atoms with Gasteiger partial charge in [-0.3, -0.25) is 5.10 Å². The molecule has 2 rings (SSSR count). The van der Waals surface area contributed by atoms with Crippen molar-refractivity contribution in [2.45, 2.75) is 0 Å². The summed E-state index contributed by atoms with van der Waals surface area (Å²) in [6.07, 6.45) is 1.30. The van der Waals surface area contributed by atoms with Crippen LogP contribution < -0.4 is 11.2 Å². The third kappa shape index (κ3) is 2.12.